The largest absolute Gasteiger partial charge is 0.496 e. The minimum Gasteiger partial charge on any atom is -0.496 e. The molecule has 0 aromatic heterocycles. The van der Waals surface area contributed by atoms with Crippen molar-refractivity contribution in [2.75, 3.05) is 13.7 Å². The van der Waals surface area contributed by atoms with Gasteiger partial charge < -0.3 is 9.64 Å². The van der Waals surface area contributed by atoms with Crippen LogP contribution >= 0.6 is 23.4 Å². The Labute approximate surface area is 171 Å². The number of rotatable bonds is 4. The van der Waals surface area contributed by atoms with Crippen LogP contribution in [0.25, 0.3) is 0 Å². The number of benzene rings is 2. The standard InChI is InChI=1S/C20H19ClF2N2O2S/c1-20(2)11-25(10-12-4-6-14(22)9-16(12)23)19(28-20)24-18(26)15-8-13(21)5-7-17(15)27-3/h4-9H,10-11H2,1-3H3. The SMILES string of the molecule is COc1ccc(Cl)cc1C(=O)N=C1SC(C)(C)CN1Cc1ccc(F)cc1F. The summed E-state index contributed by atoms with van der Waals surface area (Å²) in [6.45, 7) is 4.77. The average Bonchev–Trinajstić information content (AvgIpc) is 2.90. The molecule has 2 aromatic carbocycles. The quantitative estimate of drug-likeness (QED) is 0.680. The Balaban J connectivity index is 1.91. The van der Waals surface area contributed by atoms with Crippen LogP contribution in [0.4, 0.5) is 8.78 Å². The number of hydrogen-bond donors (Lipinski definition) is 0. The first-order valence-electron chi connectivity index (χ1n) is 8.53. The van der Waals surface area contributed by atoms with E-state index in [1.54, 1.807) is 12.1 Å². The van der Waals surface area contributed by atoms with Crippen LogP contribution in [0.3, 0.4) is 0 Å². The Morgan fingerprint density at radius 2 is 2.04 bits per heavy atom. The fourth-order valence-electron chi connectivity index (χ4n) is 2.94. The lowest BCUT2D eigenvalue weighted by Gasteiger charge is -2.20. The lowest BCUT2D eigenvalue weighted by Crippen LogP contribution is -2.29. The molecule has 2 aromatic rings. The van der Waals surface area contributed by atoms with Gasteiger partial charge in [-0.15, -0.1) is 0 Å². The zero-order chi connectivity index (χ0) is 20.5. The molecule has 0 spiro atoms. The minimum absolute atomic E-state index is 0.182. The number of carbonyl (C=O) groups is 1. The van der Waals surface area contributed by atoms with Crippen LogP contribution in [0.1, 0.15) is 29.8 Å². The van der Waals surface area contributed by atoms with Crippen LogP contribution in [0.5, 0.6) is 5.75 Å². The number of carbonyl (C=O) groups excluding carboxylic acids is 1. The third-order valence-electron chi connectivity index (χ3n) is 4.18. The smallest absolute Gasteiger partial charge is 0.283 e. The van der Waals surface area contributed by atoms with Crippen molar-refractivity contribution in [3.63, 3.8) is 0 Å². The molecule has 0 radical (unpaired) electrons. The first-order chi connectivity index (χ1) is 13.2. The lowest BCUT2D eigenvalue weighted by molar-refractivity contribution is 0.0998. The summed E-state index contributed by atoms with van der Waals surface area (Å²) < 4.78 is 32.3. The molecule has 1 aliphatic heterocycles. The van der Waals surface area contributed by atoms with Crippen molar-refractivity contribution in [1.82, 2.24) is 4.90 Å². The van der Waals surface area contributed by atoms with Crippen molar-refractivity contribution < 1.29 is 18.3 Å². The van der Waals surface area contributed by atoms with Gasteiger partial charge in [0.25, 0.3) is 5.91 Å². The molecular formula is C20H19ClF2N2O2S. The van der Waals surface area contributed by atoms with E-state index in [0.717, 1.165) is 6.07 Å². The van der Waals surface area contributed by atoms with Crippen LogP contribution in [0.15, 0.2) is 41.4 Å². The van der Waals surface area contributed by atoms with Crippen molar-refractivity contribution >= 4 is 34.4 Å². The van der Waals surface area contributed by atoms with Gasteiger partial charge in [0.15, 0.2) is 5.17 Å². The van der Waals surface area contributed by atoms with E-state index < -0.39 is 17.5 Å². The zero-order valence-electron chi connectivity index (χ0n) is 15.6. The third-order valence-corrected chi connectivity index (χ3v) is 5.62. The number of halogens is 3. The molecule has 28 heavy (non-hydrogen) atoms. The number of amides is 1. The second kappa shape index (κ2) is 8.09. The molecule has 0 aliphatic carbocycles. The predicted octanol–water partition coefficient (Wildman–Crippen LogP) is 5.15. The maximum absolute atomic E-state index is 14.1. The number of hydrogen-bond acceptors (Lipinski definition) is 3. The van der Waals surface area contributed by atoms with E-state index in [2.05, 4.69) is 4.99 Å². The molecule has 0 N–H and O–H groups in total. The van der Waals surface area contributed by atoms with E-state index in [-0.39, 0.29) is 16.9 Å². The van der Waals surface area contributed by atoms with Gasteiger partial charge in [-0.05, 0) is 38.1 Å². The maximum Gasteiger partial charge on any atom is 0.283 e. The van der Waals surface area contributed by atoms with Gasteiger partial charge in [-0.1, -0.05) is 29.4 Å². The number of thioether (sulfide) groups is 1. The summed E-state index contributed by atoms with van der Waals surface area (Å²) in [6.07, 6.45) is 0. The van der Waals surface area contributed by atoms with Crippen LogP contribution in [-0.4, -0.2) is 34.4 Å². The molecule has 1 heterocycles. The highest BCUT2D eigenvalue weighted by atomic mass is 35.5. The van der Waals surface area contributed by atoms with Crippen LogP contribution in [-0.2, 0) is 6.54 Å². The van der Waals surface area contributed by atoms with Crippen molar-refractivity contribution in [2.45, 2.75) is 25.1 Å². The van der Waals surface area contributed by atoms with E-state index in [1.165, 1.54) is 37.1 Å². The molecule has 1 fully saturated rings. The third kappa shape index (κ3) is 4.64. The highest BCUT2D eigenvalue weighted by Crippen LogP contribution is 2.37. The highest BCUT2D eigenvalue weighted by Gasteiger charge is 2.36. The Bertz CT molecular complexity index is 950. The summed E-state index contributed by atoms with van der Waals surface area (Å²) in [5.41, 5.74) is 0.584. The highest BCUT2D eigenvalue weighted by molar-refractivity contribution is 8.15. The Morgan fingerprint density at radius 3 is 2.71 bits per heavy atom. The molecule has 148 valence electrons. The van der Waals surface area contributed by atoms with Gasteiger partial charge in [-0.2, -0.15) is 4.99 Å². The number of amidine groups is 1. The zero-order valence-corrected chi connectivity index (χ0v) is 17.2. The van der Waals surface area contributed by atoms with E-state index in [4.69, 9.17) is 16.3 Å². The second-order valence-corrected chi connectivity index (χ2v) is 9.11. The monoisotopic (exact) mass is 424 g/mol. The van der Waals surface area contributed by atoms with Gasteiger partial charge in [0.2, 0.25) is 0 Å². The van der Waals surface area contributed by atoms with Gasteiger partial charge >= 0.3 is 0 Å². The van der Waals surface area contributed by atoms with Crippen LogP contribution < -0.4 is 4.74 Å². The van der Waals surface area contributed by atoms with Crippen LogP contribution in [0.2, 0.25) is 5.02 Å². The number of methoxy groups -OCH3 is 1. The fourth-order valence-corrected chi connectivity index (χ4v) is 4.21. The lowest BCUT2D eigenvalue weighted by atomic mass is 10.1. The molecule has 1 saturated heterocycles. The Hall–Kier alpha value is -2.12. The fraction of sp³-hybridized carbons (Fsp3) is 0.300. The van der Waals surface area contributed by atoms with Crippen molar-refractivity contribution in [1.29, 1.82) is 0 Å². The molecule has 4 nitrogen and oxygen atoms in total. The van der Waals surface area contributed by atoms with Gasteiger partial charge in [0, 0.05) is 34.5 Å². The van der Waals surface area contributed by atoms with Crippen molar-refractivity contribution in [3.05, 3.63) is 64.2 Å². The molecule has 1 amide bonds. The summed E-state index contributed by atoms with van der Waals surface area (Å²) in [6, 6.07) is 8.20. The molecule has 0 saturated carbocycles. The summed E-state index contributed by atoms with van der Waals surface area (Å²) in [4.78, 5) is 18.8. The molecule has 0 unspecified atom stereocenters. The van der Waals surface area contributed by atoms with E-state index in [1.807, 2.05) is 18.7 Å². The molecule has 0 atom stereocenters. The Morgan fingerprint density at radius 1 is 1.29 bits per heavy atom. The van der Waals surface area contributed by atoms with Gasteiger partial charge in [-0.25, -0.2) is 8.78 Å². The summed E-state index contributed by atoms with van der Waals surface area (Å²) in [7, 11) is 1.46. The van der Waals surface area contributed by atoms with E-state index in [0.29, 0.717) is 28.0 Å². The predicted molar refractivity (Wildman–Crippen MR) is 108 cm³/mol. The second-order valence-electron chi connectivity index (χ2n) is 7.00. The minimum atomic E-state index is -0.630. The molecular weight excluding hydrogens is 406 g/mol. The first kappa shape index (κ1) is 20.6. The van der Waals surface area contributed by atoms with E-state index >= 15 is 0 Å². The summed E-state index contributed by atoms with van der Waals surface area (Å²) in [5, 5.41) is 0.870. The number of nitrogens with zero attached hydrogens (tertiary/aromatic N) is 2. The molecule has 0 bridgehead atoms. The van der Waals surface area contributed by atoms with Crippen molar-refractivity contribution in [2.24, 2.45) is 4.99 Å². The average molecular weight is 425 g/mol. The molecule has 8 heteroatoms. The van der Waals surface area contributed by atoms with Gasteiger partial charge in [0.05, 0.1) is 12.7 Å². The normalized spacial score (nSPS) is 17.2. The topological polar surface area (TPSA) is 41.9 Å². The summed E-state index contributed by atoms with van der Waals surface area (Å²) >= 11 is 7.43. The number of aliphatic imine (C=N–C) groups is 1. The Kier molecular flexibility index (Phi) is 5.95. The summed E-state index contributed by atoms with van der Waals surface area (Å²) in [5.74, 6) is -1.38. The molecule has 3 rings (SSSR count). The van der Waals surface area contributed by atoms with Crippen molar-refractivity contribution in [3.8, 4) is 5.75 Å². The van der Waals surface area contributed by atoms with Gasteiger partial charge in [0.1, 0.15) is 17.4 Å². The maximum atomic E-state index is 14.1. The first-order valence-corrected chi connectivity index (χ1v) is 9.72. The van der Waals surface area contributed by atoms with Crippen LogP contribution in [0, 0.1) is 11.6 Å². The van der Waals surface area contributed by atoms with Gasteiger partial charge in [-0.3, -0.25) is 4.79 Å². The number of ether oxygens (including phenoxy) is 1. The molecule has 1 aliphatic rings. The van der Waals surface area contributed by atoms with E-state index in [9.17, 15) is 13.6 Å².